The molecule has 0 amide bonds. The Bertz CT molecular complexity index is 649. The van der Waals surface area contributed by atoms with E-state index in [9.17, 15) is 0 Å². The summed E-state index contributed by atoms with van der Waals surface area (Å²) in [5.74, 6) is 0. The van der Waals surface area contributed by atoms with E-state index in [1.807, 2.05) is 11.4 Å². The molecule has 2 aromatic rings. The monoisotopic (exact) mass is 315 g/mol. The molecule has 0 fully saturated rings. The van der Waals surface area contributed by atoms with Crippen LogP contribution in [0.3, 0.4) is 0 Å². The lowest BCUT2D eigenvalue weighted by atomic mass is 10.1. The lowest BCUT2D eigenvalue weighted by Crippen LogP contribution is -2.28. The average Bonchev–Trinajstić information content (AvgIpc) is 2.96. The molecule has 5 heteroatoms. The molecule has 0 unspecified atom stereocenters. The molecule has 1 aliphatic heterocycles. The number of nitrogen functional groups attached to an aromatic ring is 1. The van der Waals surface area contributed by atoms with Gasteiger partial charge in [-0.2, -0.15) is 0 Å². The zero-order valence-electron chi connectivity index (χ0n) is 12.4. The molecule has 1 aromatic heterocycles. The molecule has 2 heterocycles. The summed E-state index contributed by atoms with van der Waals surface area (Å²) < 4.78 is 0. The molecule has 1 aromatic carbocycles. The number of rotatable bonds is 4. The van der Waals surface area contributed by atoms with Crippen molar-refractivity contribution in [2.75, 3.05) is 25.4 Å². The molecule has 0 radical (unpaired) electrons. The van der Waals surface area contributed by atoms with Crippen molar-refractivity contribution in [2.45, 2.75) is 6.42 Å². The van der Waals surface area contributed by atoms with Gasteiger partial charge in [-0.15, -0.1) is 11.3 Å². The largest absolute Gasteiger partial charge is 0.412 e. The van der Waals surface area contributed by atoms with Crippen LogP contribution in [0, 0.1) is 0 Å². The quantitative estimate of drug-likeness (QED) is 0.942. The molecule has 3 rings (SSSR count). The molecule has 116 valence electrons. The molecule has 22 heavy (non-hydrogen) atoms. The Morgan fingerprint density at radius 3 is 2.73 bits per heavy atom. The predicted molar refractivity (Wildman–Crippen MR) is 94.7 cm³/mol. The van der Waals surface area contributed by atoms with E-state index in [2.05, 4.69) is 52.4 Å². The first-order valence-corrected chi connectivity index (χ1v) is 8.03. The van der Waals surface area contributed by atoms with E-state index in [4.69, 9.17) is 5.73 Å². The number of anilines is 1. The Morgan fingerprint density at radius 1 is 1.27 bits per heavy atom. The molecule has 0 atom stereocenters. The molecule has 1 aliphatic rings. The number of aromatic nitrogens is 1. The Balaban J connectivity index is 0.00000176. The lowest BCUT2D eigenvalue weighted by Gasteiger charge is -2.24. The first-order chi connectivity index (χ1) is 10.3. The standard InChI is InChI=1S/C17H19N3S.H2O/c18-17-19-16(13-21-17)15-8-11-20(12-9-15)10-4-7-14-5-2-1-3-6-14;/h1-8,13H,9-12H2,(H2,18,19);1H2. The van der Waals surface area contributed by atoms with Crippen LogP contribution in [-0.2, 0) is 0 Å². The third-order valence-corrected chi connectivity index (χ3v) is 4.29. The van der Waals surface area contributed by atoms with Gasteiger partial charge in [0.2, 0.25) is 0 Å². The highest BCUT2D eigenvalue weighted by molar-refractivity contribution is 7.13. The third-order valence-electron chi connectivity index (χ3n) is 3.62. The maximum Gasteiger partial charge on any atom is 0.180 e. The number of benzene rings is 1. The van der Waals surface area contributed by atoms with Crippen molar-refractivity contribution in [3.05, 3.63) is 59.1 Å². The summed E-state index contributed by atoms with van der Waals surface area (Å²) in [4.78, 5) is 6.79. The molecule has 4 N–H and O–H groups in total. The highest BCUT2D eigenvalue weighted by Crippen LogP contribution is 2.24. The van der Waals surface area contributed by atoms with Crippen molar-refractivity contribution >= 4 is 28.1 Å². The van der Waals surface area contributed by atoms with Crippen molar-refractivity contribution in [1.82, 2.24) is 9.88 Å². The Hall–Kier alpha value is -1.95. The Labute approximate surface area is 134 Å². The fourth-order valence-electron chi connectivity index (χ4n) is 2.45. The number of hydrogen-bond acceptors (Lipinski definition) is 4. The molecule has 0 spiro atoms. The second-order valence-corrected chi connectivity index (χ2v) is 6.01. The SMILES string of the molecule is Nc1nc(C2=CCN(CC=Cc3ccccc3)CC2)cs1.O. The van der Waals surface area contributed by atoms with Crippen molar-refractivity contribution in [2.24, 2.45) is 0 Å². The van der Waals surface area contributed by atoms with Crippen molar-refractivity contribution < 1.29 is 5.48 Å². The summed E-state index contributed by atoms with van der Waals surface area (Å²) in [6.07, 6.45) is 7.73. The van der Waals surface area contributed by atoms with Gasteiger partial charge in [-0.3, -0.25) is 4.90 Å². The summed E-state index contributed by atoms with van der Waals surface area (Å²) in [7, 11) is 0. The lowest BCUT2D eigenvalue weighted by molar-refractivity contribution is 0.335. The minimum atomic E-state index is 0. The summed E-state index contributed by atoms with van der Waals surface area (Å²) in [5, 5.41) is 2.70. The van der Waals surface area contributed by atoms with Gasteiger partial charge in [0.1, 0.15) is 0 Å². The summed E-state index contributed by atoms with van der Waals surface area (Å²) in [5.41, 5.74) is 9.33. The van der Waals surface area contributed by atoms with Crippen LogP contribution in [-0.4, -0.2) is 35.0 Å². The van der Waals surface area contributed by atoms with Crippen molar-refractivity contribution in [3.63, 3.8) is 0 Å². The van der Waals surface area contributed by atoms with Gasteiger partial charge in [-0.25, -0.2) is 4.98 Å². The van der Waals surface area contributed by atoms with Gasteiger partial charge < -0.3 is 11.2 Å². The van der Waals surface area contributed by atoms with Gasteiger partial charge in [0.05, 0.1) is 5.69 Å². The summed E-state index contributed by atoms with van der Waals surface area (Å²) in [6.45, 7) is 3.03. The van der Waals surface area contributed by atoms with Crippen LogP contribution in [0.4, 0.5) is 5.13 Å². The Kier molecular flexibility index (Phi) is 5.89. The summed E-state index contributed by atoms with van der Waals surface area (Å²) in [6, 6.07) is 10.4. The fraction of sp³-hybridized carbons (Fsp3) is 0.235. The second kappa shape index (κ2) is 7.89. The van der Waals surface area contributed by atoms with E-state index in [1.54, 1.807) is 0 Å². The Morgan fingerprint density at radius 2 is 2.09 bits per heavy atom. The van der Waals surface area contributed by atoms with Gasteiger partial charge in [-0.1, -0.05) is 48.6 Å². The number of thiazole rings is 1. The highest BCUT2D eigenvalue weighted by Gasteiger charge is 2.13. The van der Waals surface area contributed by atoms with E-state index in [0.29, 0.717) is 5.13 Å². The van der Waals surface area contributed by atoms with E-state index in [1.165, 1.54) is 22.5 Å². The van der Waals surface area contributed by atoms with Crippen LogP contribution in [0.2, 0.25) is 0 Å². The first-order valence-electron chi connectivity index (χ1n) is 7.15. The van der Waals surface area contributed by atoms with Crippen molar-refractivity contribution in [3.8, 4) is 0 Å². The third kappa shape index (κ3) is 4.27. The van der Waals surface area contributed by atoms with Gasteiger partial charge in [-0.05, 0) is 17.6 Å². The zero-order chi connectivity index (χ0) is 14.5. The van der Waals surface area contributed by atoms with Crippen LogP contribution in [0.25, 0.3) is 11.6 Å². The van der Waals surface area contributed by atoms with Crippen LogP contribution in [0.15, 0.2) is 47.9 Å². The fourth-order valence-corrected chi connectivity index (χ4v) is 3.03. The van der Waals surface area contributed by atoms with E-state index in [0.717, 1.165) is 31.7 Å². The van der Waals surface area contributed by atoms with Crippen LogP contribution in [0.1, 0.15) is 17.7 Å². The predicted octanol–water partition coefficient (Wildman–Crippen LogP) is 2.70. The summed E-state index contributed by atoms with van der Waals surface area (Å²) >= 11 is 1.51. The van der Waals surface area contributed by atoms with Gasteiger partial charge in [0, 0.05) is 25.0 Å². The molecule has 0 bridgehead atoms. The molecular formula is C17H21N3OS. The van der Waals surface area contributed by atoms with Crippen LogP contribution < -0.4 is 5.73 Å². The molecule has 0 saturated carbocycles. The minimum absolute atomic E-state index is 0. The van der Waals surface area contributed by atoms with E-state index >= 15 is 0 Å². The van der Waals surface area contributed by atoms with Gasteiger partial charge in [0.15, 0.2) is 5.13 Å². The highest BCUT2D eigenvalue weighted by atomic mass is 32.1. The maximum absolute atomic E-state index is 5.69. The smallest absolute Gasteiger partial charge is 0.180 e. The first kappa shape index (κ1) is 16.4. The zero-order valence-corrected chi connectivity index (χ0v) is 13.2. The second-order valence-electron chi connectivity index (χ2n) is 5.12. The van der Waals surface area contributed by atoms with E-state index in [-0.39, 0.29) is 5.48 Å². The number of nitrogens with zero attached hydrogens (tertiary/aromatic N) is 2. The maximum atomic E-state index is 5.69. The molecule has 0 aliphatic carbocycles. The van der Waals surface area contributed by atoms with Crippen LogP contribution >= 0.6 is 11.3 Å². The minimum Gasteiger partial charge on any atom is -0.412 e. The molecular weight excluding hydrogens is 294 g/mol. The number of hydrogen-bond donors (Lipinski definition) is 1. The van der Waals surface area contributed by atoms with Gasteiger partial charge >= 0.3 is 0 Å². The van der Waals surface area contributed by atoms with Crippen LogP contribution in [0.5, 0.6) is 0 Å². The normalized spacial score (nSPS) is 15.5. The average molecular weight is 315 g/mol. The van der Waals surface area contributed by atoms with Gasteiger partial charge in [0.25, 0.3) is 0 Å². The molecule has 4 nitrogen and oxygen atoms in total. The van der Waals surface area contributed by atoms with Crippen molar-refractivity contribution in [1.29, 1.82) is 0 Å². The topological polar surface area (TPSA) is 73.7 Å². The molecule has 0 saturated heterocycles. The number of nitrogens with two attached hydrogens (primary N) is 1. The van der Waals surface area contributed by atoms with E-state index < -0.39 is 0 Å².